The maximum Gasteiger partial charge on any atom is 0.243 e. The Labute approximate surface area is 154 Å². The third kappa shape index (κ3) is 4.50. The minimum atomic E-state index is -3.61. The summed E-state index contributed by atoms with van der Waals surface area (Å²) in [6, 6.07) is 24.9. The zero-order chi connectivity index (χ0) is 18.4. The molecule has 0 aliphatic heterocycles. The van der Waals surface area contributed by atoms with Crippen molar-refractivity contribution in [2.24, 2.45) is 0 Å². The first kappa shape index (κ1) is 18.2. The van der Waals surface area contributed by atoms with Crippen molar-refractivity contribution in [3.63, 3.8) is 0 Å². The first-order valence-corrected chi connectivity index (χ1v) is 9.87. The number of phenols is 1. The molecule has 0 saturated heterocycles. The smallest absolute Gasteiger partial charge is 0.243 e. The minimum absolute atomic E-state index is 0.163. The van der Waals surface area contributed by atoms with Gasteiger partial charge < -0.3 is 5.11 Å². The van der Waals surface area contributed by atoms with Crippen molar-refractivity contribution in [2.45, 2.75) is 17.9 Å². The summed E-state index contributed by atoms with van der Waals surface area (Å²) >= 11 is 0. The second kappa shape index (κ2) is 8.17. The lowest BCUT2D eigenvalue weighted by atomic mass is 10.1. The molecule has 0 amide bonds. The van der Waals surface area contributed by atoms with Gasteiger partial charge in [0.15, 0.2) is 0 Å². The van der Waals surface area contributed by atoms with Crippen molar-refractivity contribution in [3.05, 3.63) is 96.1 Å². The van der Waals surface area contributed by atoms with Crippen molar-refractivity contribution in [3.8, 4) is 5.75 Å². The Morgan fingerprint density at radius 3 is 1.92 bits per heavy atom. The largest absolute Gasteiger partial charge is 0.508 e. The summed E-state index contributed by atoms with van der Waals surface area (Å²) in [5.41, 5.74) is 1.92. The number of hydrogen-bond donors (Lipinski definition) is 1. The van der Waals surface area contributed by atoms with Crippen LogP contribution in [0.15, 0.2) is 89.8 Å². The van der Waals surface area contributed by atoms with E-state index >= 15 is 0 Å². The third-order valence-corrected chi connectivity index (χ3v) is 6.03. The predicted octanol–water partition coefficient (Wildman–Crippen LogP) is 3.83. The summed E-state index contributed by atoms with van der Waals surface area (Å²) in [4.78, 5) is 0.284. The third-order valence-electron chi connectivity index (χ3n) is 4.17. The highest BCUT2D eigenvalue weighted by Gasteiger charge is 2.24. The number of nitrogens with zero attached hydrogens (tertiary/aromatic N) is 1. The fourth-order valence-corrected chi connectivity index (χ4v) is 4.18. The van der Waals surface area contributed by atoms with Gasteiger partial charge >= 0.3 is 0 Å². The molecule has 3 aromatic carbocycles. The molecule has 0 bridgehead atoms. The molecule has 0 spiro atoms. The highest BCUT2D eigenvalue weighted by molar-refractivity contribution is 7.89. The molecule has 0 aromatic heterocycles. The SMILES string of the molecule is O=S(=O)(c1ccccc1)N(CCc1ccccc1)Cc1ccc(O)cc1. The maximum atomic E-state index is 13.1. The lowest BCUT2D eigenvalue weighted by Gasteiger charge is -2.22. The summed E-state index contributed by atoms with van der Waals surface area (Å²) in [6.07, 6.45) is 0.630. The molecule has 0 saturated carbocycles. The molecule has 0 unspecified atom stereocenters. The molecule has 3 aromatic rings. The Balaban J connectivity index is 1.86. The van der Waals surface area contributed by atoms with Crippen LogP contribution in [0.25, 0.3) is 0 Å². The van der Waals surface area contributed by atoms with Crippen LogP contribution < -0.4 is 0 Å². The highest BCUT2D eigenvalue weighted by Crippen LogP contribution is 2.20. The molecule has 134 valence electrons. The van der Waals surface area contributed by atoms with E-state index in [-0.39, 0.29) is 17.2 Å². The van der Waals surface area contributed by atoms with Crippen molar-refractivity contribution < 1.29 is 13.5 Å². The Kier molecular flexibility index (Phi) is 5.71. The number of aromatic hydroxyl groups is 1. The van der Waals surface area contributed by atoms with Crippen molar-refractivity contribution >= 4 is 10.0 Å². The van der Waals surface area contributed by atoms with Crippen LogP contribution in [0.2, 0.25) is 0 Å². The normalized spacial score (nSPS) is 11.6. The van der Waals surface area contributed by atoms with E-state index < -0.39 is 10.0 Å². The van der Waals surface area contributed by atoms with Crippen LogP contribution >= 0.6 is 0 Å². The summed E-state index contributed by atoms with van der Waals surface area (Å²) in [7, 11) is -3.61. The van der Waals surface area contributed by atoms with Crippen LogP contribution in [0.5, 0.6) is 5.75 Å². The van der Waals surface area contributed by atoms with E-state index in [2.05, 4.69) is 0 Å². The molecule has 0 heterocycles. The van der Waals surface area contributed by atoms with Crippen molar-refractivity contribution in [1.29, 1.82) is 0 Å². The number of rotatable bonds is 7. The van der Waals surface area contributed by atoms with Gasteiger partial charge in [0, 0.05) is 13.1 Å². The van der Waals surface area contributed by atoms with E-state index in [1.165, 1.54) is 4.31 Å². The van der Waals surface area contributed by atoms with Crippen molar-refractivity contribution in [2.75, 3.05) is 6.54 Å². The van der Waals surface area contributed by atoms with Crippen LogP contribution in [0.4, 0.5) is 0 Å². The van der Waals surface area contributed by atoms with Gasteiger partial charge in [0.05, 0.1) is 4.90 Å². The van der Waals surface area contributed by atoms with Gasteiger partial charge in [-0.05, 0) is 41.8 Å². The van der Waals surface area contributed by atoms with Gasteiger partial charge in [-0.2, -0.15) is 4.31 Å². The quantitative estimate of drug-likeness (QED) is 0.690. The molecule has 26 heavy (non-hydrogen) atoms. The Hall–Kier alpha value is -2.63. The topological polar surface area (TPSA) is 57.6 Å². The molecular formula is C21H21NO3S. The summed E-state index contributed by atoms with van der Waals surface area (Å²) < 4.78 is 27.7. The predicted molar refractivity (Wildman–Crippen MR) is 102 cm³/mol. The molecule has 0 aliphatic rings. The van der Waals surface area contributed by atoms with Gasteiger partial charge in [0.1, 0.15) is 5.75 Å². The van der Waals surface area contributed by atoms with Crippen LogP contribution in [0, 0.1) is 0 Å². The molecule has 0 aliphatic carbocycles. The zero-order valence-electron chi connectivity index (χ0n) is 14.3. The maximum absolute atomic E-state index is 13.1. The van der Waals surface area contributed by atoms with E-state index in [0.29, 0.717) is 13.0 Å². The Morgan fingerprint density at radius 2 is 1.31 bits per heavy atom. The number of sulfonamides is 1. The lowest BCUT2D eigenvalue weighted by Crippen LogP contribution is -2.32. The molecule has 5 heteroatoms. The van der Waals surface area contributed by atoms with Gasteiger partial charge in [-0.15, -0.1) is 0 Å². The summed E-state index contributed by atoms with van der Waals surface area (Å²) in [5.74, 6) is 0.163. The van der Waals surface area contributed by atoms with E-state index in [4.69, 9.17) is 0 Å². The monoisotopic (exact) mass is 367 g/mol. The van der Waals surface area contributed by atoms with Crippen molar-refractivity contribution in [1.82, 2.24) is 4.31 Å². The number of benzene rings is 3. The molecule has 3 rings (SSSR count). The van der Waals surface area contributed by atoms with E-state index in [1.807, 2.05) is 30.3 Å². The van der Waals surface area contributed by atoms with Crippen LogP contribution in [-0.2, 0) is 23.0 Å². The van der Waals surface area contributed by atoms with Crippen LogP contribution in [-0.4, -0.2) is 24.4 Å². The van der Waals surface area contributed by atoms with Gasteiger partial charge in [0.25, 0.3) is 0 Å². The summed E-state index contributed by atoms with van der Waals surface area (Å²) in [6.45, 7) is 0.631. The van der Waals surface area contributed by atoms with E-state index in [9.17, 15) is 13.5 Å². The van der Waals surface area contributed by atoms with Crippen LogP contribution in [0.3, 0.4) is 0 Å². The molecule has 0 radical (unpaired) electrons. The van der Waals surface area contributed by atoms with Gasteiger partial charge in [-0.1, -0.05) is 60.7 Å². The fourth-order valence-electron chi connectivity index (χ4n) is 2.73. The van der Waals surface area contributed by atoms with E-state index in [0.717, 1.165) is 11.1 Å². The van der Waals surface area contributed by atoms with Crippen LogP contribution in [0.1, 0.15) is 11.1 Å². The fraction of sp³-hybridized carbons (Fsp3) is 0.143. The van der Waals surface area contributed by atoms with Gasteiger partial charge in [0.2, 0.25) is 10.0 Å². The van der Waals surface area contributed by atoms with Gasteiger partial charge in [-0.3, -0.25) is 0 Å². The minimum Gasteiger partial charge on any atom is -0.508 e. The second-order valence-electron chi connectivity index (χ2n) is 6.05. The standard InChI is InChI=1S/C21H21NO3S/c23-20-13-11-19(12-14-20)17-22(16-15-18-7-3-1-4-8-18)26(24,25)21-9-5-2-6-10-21/h1-14,23H,15-17H2. The zero-order valence-corrected chi connectivity index (χ0v) is 15.1. The van der Waals surface area contributed by atoms with E-state index in [1.54, 1.807) is 54.6 Å². The lowest BCUT2D eigenvalue weighted by molar-refractivity contribution is 0.409. The molecular weight excluding hydrogens is 346 g/mol. The second-order valence-corrected chi connectivity index (χ2v) is 7.99. The first-order chi connectivity index (χ1) is 12.6. The average Bonchev–Trinajstić information content (AvgIpc) is 2.68. The number of phenolic OH excluding ortho intramolecular Hbond substituents is 1. The average molecular weight is 367 g/mol. The first-order valence-electron chi connectivity index (χ1n) is 8.43. The highest BCUT2D eigenvalue weighted by atomic mass is 32.2. The molecule has 0 fully saturated rings. The molecule has 4 nitrogen and oxygen atoms in total. The molecule has 1 N–H and O–H groups in total. The Bertz CT molecular complexity index is 924. The molecule has 0 atom stereocenters. The number of hydrogen-bond acceptors (Lipinski definition) is 3. The Morgan fingerprint density at radius 1 is 0.731 bits per heavy atom. The van der Waals surface area contributed by atoms with Gasteiger partial charge in [-0.25, -0.2) is 8.42 Å². The summed E-state index contributed by atoms with van der Waals surface area (Å²) in [5, 5.41) is 9.45.